The first-order valence-electron chi connectivity index (χ1n) is 7.29. The number of esters is 1. The molecule has 2 aromatic carbocycles. The van der Waals surface area contributed by atoms with E-state index in [2.05, 4.69) is 0 Å². The van der Waals surface area contributed by atoms with Gasteiger partial charge in [0.1, 0.15) is 0 Å². The third-order valence-corrected chi connectivity index (χ3v) is 3.51. The van der Waals surface area contributed by atoms with Crippen LogP contribution in [0.3, 0.4) is 0 Å². The van der Waals surface area contributed by atoms with E-state index in [9.17, 15) is 4.79 Å². The van der Waals surface area contributed by atoms with Crippen molar-refractivity contribution >= 4 is 12.0 Å². The van der Waals surface area contributed by atoms with Crippen LogP contribution in [0.25, 0.3) is 6.08 Å². The predicted octanol–water partition coefficient (Wildman–Crippen LogP) is 4.02. The van der Waals surface area contributed by atoms with Crippen molar-refractivity contribution in [1.82, 2.24) is 0 Å². The normalized spacial score (nSPS) is 12.0. The average Bonchev–Trinajstić information content (AvgIpc) is 2.61. The third-order valence-electron chi connectivity index (χ3n) is 3.51. The van der Waals surface area contributed by atoms with Gasteiger partial charge in [0.25, 0.3) is 0 Å². The van der Waals surface area contributed by atoms with Crippen LogP contribution < -0.4 is 9.47 Å². The van der Waals surface area contributed by atoms with E-state index in [0.29, 0.717) is 11.5 Å². The Bertz CT molecular complexity index is 677. The molecule has 0 saturated heterocycles. The van der Waals surface area contributed by atoms with Crippen molar-refractivity contribution in [2.75, 3.05) is 14.2 Å². The van der Waals surface area contributed by atoms with E-state index in [1.807, 2.05) is 36.4 Å². The molecule has 1 unspecified atom stereocenters. The zero-order valence-electron chi connectivity index (χ0n) is 13.5. The van der Waals surface area contributed by atoms with Gasteiger partial charge in [-0.3, -0.25) is 4.79 Å². The third kappa shape index (κ3) is 4.36. The highest BCUT2D eigenvalue weighted by atomic mass is 16.5. The Morgan fingerprint density at radius 3 is 2.35 bits per heavy atom. The van der Waals surface area contributed by atoms with Crippen LogP contribution in [0.15, 0.2) is 54.8 Å². The fraction of sp³-hybridized carbons (Fsp3) is 0.211. The molecule has 4 nitrogen and oxygen atoms in total. The second-order valence-corrected chi connectivity index (χ2v) is 4.99. The number of ether oxygens (including phenoxy) is 3. The van der Waals surface area contributed by atoms with E-state index in [4.69, 9.17) is 14.2 Å². The number of hydrogen-bond donors (Lipinski definition) is 0. The molecule has 0 aromatic heterocycles. The Hall–Kier alpha value is -2.75. The Labute approximate surface area is 136 Å². The Kier molecular flexibility index (Phi) is 5.80. The fourth-order valence-electron chi connectivity index (χ4n) is 2.10. The Morgan fingerprint density at radius 2 is 1.70 bits per heavy atom. The van der Waals surface area contributed by atoms with Crippen LogP contribution in [0, 0.1) is 0 Å². The first-order valence-corrected chi connectivity index (χ1v) is 7.29. The number of rotatable bonds is 6. The number of methoxy groups -OCH3 is 2. The van der Waals surface area contributed by atoms with Crippen molar-refractivity contribution in [2.45, 2.75) is 12.8 Å². The highest BCUT2D eigenvalue weighted by molar-refractivity contribution is 5.79. The summed E-state index contributed by atoms with van der Waals surface area (Å²) in [5, 5.41) is 0. The molecular formula is C19H20O4. The van der Waals surface area contributed by atoms with Gasteiger partial charge in [0.05, 0.1) is 26.4 Å². The lowest BCUT2D eigenvalue weighted by Crippen LogP contribution is -2.10. The standard InChI is InChI=1S/C19H20O4/c1-14(16-9-10-17(21-2)18(13-16)22-3)19(20)23-12-11-15-7-5-4-6-8-15/h4-14H,1-3H3. The second-order valence-electron chi connectivity index (χ2n) is 4.99. The molecule has 0 fully saturated rings. The monoisotopic (exact) mass is 312 g/mol. The molecule has 2 rings (SSSR count). The molecule has 0 aliphatic rings. The largest absolute Gasteiger partial charge is 0.493 e. The Balaban J connectivity index is 2.03. The number of carbonyl (C=O) groups is 1. The molecule has 0 N–H and O–H groups in total. The van der Waals surface area contributed by atoms with E-state index in [-0.39, 0.29) is 5.97 Å². The summed E-state index contributed by atoms with van der Waals surface area (Å²) < 4.78 is 15.6. The molecule has 4 heteroatoms. The molecule has 0 aliphatic carbocycles. The quantitative estimate of drug-likeness (QED) is 0.597. The molecule has 2 aromatic rings. The van der Waals surface area contributed by atoms with Crippen LogP contribution >= 0.6 is 0 Å². The topological polar surface area (TPSA) is 44.8 Å². The van der Waals surface area contributed by atoms with Gasteiger partial charge < -0.3 is 14.2 Å². The number of hydrogen-bond acceptors (Lipinski definition) is 4. The number of carbonyl (C=O) groups excluding carboxylic acids is 1. The van der Waals surface area contributed by atoms with Crippen molar-refractivity contribution in [3.8, 4) is 11.5 Å². The smallest absolute Gasteiger partial charge is 0.317 e. The van der Waals surface area contributed by atoms with Gasteiger partial charge in [-0.05, 0) is 36.3 Å². The van der Waals surface area contributed by atoms with E-state index >= 15 is 0 Å². The van der Waals surface area contributed by atoms with Crippen LogP contribution in [0.2, 0.25) is 0 Å². The van der Waals surface area contributed by atoms with Gasteiger partial charge in [-0.15, -0.1) is 0 Å². The first-order chi connectivity index (χ1) is 11.2. The zero-order chi connectivity index (χ0) is 16.7. The summed E-state index contributed by atoms with van der Waals surface area (Å²) in [5.41, 5.74) is 1.78. The molecule has 120 valence electrons. The van der Waals surface area contributed by atoms with Gasteiger partial charge in [-0.2, -0.15) is 0 Å². The summed E-state index contributed by atoms with van der Waals surface area (Å²) in [6.07, 6.45) is 3.16. The zero-order valence-corrected chi connectivity index (χ0v) is 13.5. The summed E-state index contributed by atoms with van der Waals surface area (Å²) in [6.45, 7) is 1.79. The fourth-order valence-corrected chi connectivity index (χ4v) is 2.10. The highest BCUT2D eigenvalue weighted by Gasteiger charge is 2.18. The lowest BCUT2D eigenvalue weighted by molar-refractivity contribution is -0.139. The molecule has 23 heavy (non-hydrogen) atoms. The predicted molar refractivity (Wildman–Crippen MR) is 89.5 cm³/mol. The maximum atomic E-state index is 12.1. The second kappa shape index (κ2) is 8.03. The molecule has 0 heterocycles. The van der Waals surface area contributed by atoms with Gasteiger partial charge >= 0.3 is 5.97 Å². The van der Waals surface area contributed by atoms with Crippen molar-refractivity contribution in [2.24, 2.45) is 0 Å². The average molecular weight is 312 g/mol. The van der Waals surface area contributed by atoms with Crippen LogP contribution in [-0.2, 0) is 9.53 Å². The lowest BCUT2D eigenvalue weighted by atomic mass is 10.0. The van der Waals surface area contributed by atoms with E-state index < -0.39 is 5.92 Å². The summed E-state index contributed by atoms with van der Waals surface area (Å²) in [5.74, 6) is 0.477. The molecule has 0 bridgehead atoms. The minimum absolute atomic E-state index is 0.329. The van der Waals surface area contributed by atoms with Gasteiger partial charge in [-0.25, -0.2) is 0 Å². The first kappa shape index (κ1) is 16.6. The molecule has 0 saturated carbocycles. The SMILES string of the molecule is COc1ccc(C(C)C(=O)OC=Cc2ccccc2)cc1OC. The van der Waals surface area contributed by atoms with E-state index in [0.717, 1.165) is 11.1 Å². The number of benzene rings is 2. The summed E-state index contributed by atoms with van der Waals surface area (Å²) in [6, 6.07) is 15.0. The molecule has 0 amide bonds. The van der Waals surface area contributed by atoms with Gasteiger partial charge in [0.2, 0.25) is 0 Å². The maximum absolute atomic E-state index is 12.1. The molecular weight excluding hydrogens is 292 g/mol. The minimum atomic E-state index is -0.407. The Morgan fingerprint density at radius 1 is 1.00 bits per heavy atom. The van der Waals surface area contributed by atoms with Crippen LogP contribution in [-0.4, -0.2) is 20.2 Å². The van der Waals surface area contributed by atoms with Crippen LogP contribution in [0.4, 0.5) is 0 Å². The minimum Gasteiger partial charge on any atom is -0.493 e. The van der Waals surface area contributed by atoms with Crippen molar-refractivity contribution in [1.29, 1.82) is 0 Å². The molecule has 0 spiro atoms. The van der Waals surface area contributed by atoms with E-state index in [1.165, 1.54) is 6.26 Å². The van der Waals surface area contributed by atoms with Gasteiger partial charge in [0.15, 0.2) is 11.5 Å². The van der Waals surface area contributed by atoms with Crippen LogP contribution in [0.1, 0.15) is 24.0 Å². The lowest BCUT2D eigenvalue weighted by Gasteiger charge is -2.13. The van der Waals surface area contributed by atoms with Crippen LogP contribution in [0.5, 0.6) is 11.5 Å². The molecule has 1 atom stereocenters. The summed E-state index contributed by atoms with van der Waals surface area (Å²) >= 11 is 0. The maximum Gasteiger partial charge on any atom is 0.317 e. The van der Waals surface area contributed by atoms with Crippen molar-refractivity contribution < 1.29 is 19.0 Å². The summed E-state index contributed by atoms with van der Waals surface area (Å²) in [7, 11) is 3.14. The van der Waals surface area contributed by atoms with Gasteiger partial charge in [-0.1, -0.05) is 36.4 Å². The van der Waals surface area contributed by atoms with Crippen molar-refractivity contribution in [3.63, 3.8) is 0 Å². The summed E-state index contributed by atoms with van der Waals surface area (Å²) in [4.78, 5) is 12.1. The van der Waals surface area contributed by atoms with Gasteiger partial charge in [0, 0.05) is 0 Å². The van der Waals surface area contributed by atoms with E-state index in [1.54, 1.807) is 39.4 Å². The highest BCUT2D eigenvalue weighted by Crippen LogP contribution is 2.30. The molecule has 0 radical (unpaired) electrons. The molecule has 0 aliphatic heterocycles. The van der Waals surface area contributed by atoms with Crippen molar-refractivity contribution in [3.05, 3.63) is 65.9 Å².